The van der Waals surface area contributed by atoms with E-state index in [0.717, 1.165) is 38.3 Å². The van der Waals surface area contributed by atoms with Crippen LogP contribution in [0.4, 0.5) is 11.4 Å². The molecule has 0 radical (unpaired) electrons. The van der Waals surface area contributed by atoms with Crippen LogP contribution >= 0.6 is 24.8 Å². The number of fused-ring (bicyclic) bond motifs is 1. The third kappa shape index (κ3) is 3.91. The predicted molar refractivity (Wildman–Crippen MR) is 108 cm³/mol. The number of amides is 1. The van der Waals surface area contributed by atoms with Crippen molar-refractivity contribution >= 4 is 42.1 Å². The lowest BCUT2D eigenvalue weighted by molar-refractivity contribution is -0.128. The number of carbonyl (C=O) groups is 1. The number of carbonyl (C=O) groups excluding carboxylic acids is 1. The summed E-state index contributed by atoms with van der Waals surface area (Å²) >= 11 is 0. The summed E-state index contributed by atoms with van der Waals surface area (Å²) in [6.45, 7) is 4.11. The van der Waals surface area contributed by atoms with E-state index in [1.165, 1.54) is 37.8 Å². The van der Waals surface area contributed by atoms with Crippen molar-refractivity contribution < 1.29 is 4.79 Å². The molecule has 1 aromatic carbocycles. The molecule has 25 heavy (non-hydrogen) atoms. The van der Waals surface area contributed by atoms with Gasteiger partial charge in [0.15, 0.2) is 0 Å². The van der Waals surface area contributed by atoms with Crippen molar-refractivity contribution in [1.29, 1.82) is 0 Å². The maximum absolute atomic E-state index is 13.0. The van der Waals surface area contributed by atoms with Gasteiger partial charge in [0.25, 0.3) is 0 Å². The van der Waals surface area contributed by atoms with Crippen LogP contribution in [-0.4, -0.2) is 32.1 Å². The van der Waals surface area contributed by atoms with Crippen LogP contribution in [0.15, 0.2) is 24.3 Å². The molecule has 1 aromatic rings. The number of anilines is 2. The molecule has 4 nitrogen and oxygen atoms in total. The van der Waals surface area contributed by atoms with E-state index in [4.69, 9.17) is 0 Å². The van der Waals surface area contributed by atoms with E-state index in [1.807, 2.05) is 6.07 Å². The average Bonchev–Trinajstić information content (AvgIpc) is 3.25. The predicted octanol–water partition coefficient (Wildman–Crippen LogP) is 3.85. The van der Waals surface area contributed by atoms with Gasteiger partial charge in [0, 0.05) is 31.0 Å². The van der Waals surface area contributed by atoms with Crippen LogP contribution in [0, 0.1) is 11.3 Å². The molecule has 0 aromatic heterocycles. The minimum absolute atomic E-state index is 0. The smallest absolute Gasteiger partial charge is 0.232 e. The Bertz CT molecular complexity index is 592. The molecular weight excluding hydrogens is 357 g/mol. The molecule has 2 heterocycles. The number of rotatable bonds is 3. The number of hydrogen-bond donors (Lipinski definition) is 2. The highest BCUT2D eigenvalue weighted by Gasteiger charge is 2.49. The van der Waals surface area contributed by atoms with E-state index >= 15 is 0 Å². The highest BCUT2D eigenvalue weighted by Crippen LogP contribution is 2.44. The molecule has 0 spiro atoms. The zero-order valence-electron chi connectivity index (χ0n) is 14.6. The summed E-state index contributed by atoms with van der Waals surface area (Å²) < 4.78 is 0. The van der Waals surface area contributed by atoms with E-state index < -0.39 is 0 Å². The molecule has 6 heteroatoms. The normalized spacial score (nSPS) is 27.8. The second kappa shape index (κ2) is 8.61. The van der Waals surface area contributed by atoms with Gasteiger partial charge in [-0.15, -0.1) is 24.8 Å². The molecule has 140 valence electrons. The minimum Gasteiger partial charge on any atom is -0.371 e. The summed E-state index contributed by atoms with van der Waals surface area (Å²) in [6, 6.07) is 8.38. The van der Waals surface area contributed by atoms with Crippen LogP contribution < -0.4 is 15.5 Å². The fraction of sp³-hybridized carbons (Fsp3) is 0.632. The molecule has 0 unspecified atom stereocenters. The van der Waals surface area contributed by atoms with Crippen LogP contribution in [0.5, 0.6) is 0 Å². The SMILES string of the molecule is Cl.Cl.O=C(Nc1cccc(N2CCCC2)c1)[C@@]12CCCC[C@H]1CNC2. The summed E-state index contributed by atoms with van der Waals surface area (Å²) in [5.41, 5.74) is 2.01. The molecule has 3 aliphatic rings. The standard InChI is InChI=1S/C19H27N3O.2ClH/c23-18(19-9-2-1-6-15(19)13-20-14-19)21-16-7-5-8-17(12-16)22-10-3-4-11-22;;/h5,7-8,12,15,20H,1-4,6,9-11,13-14H2,(H,21,23);2*1H/t15-,19+;;/m0../s1. The van der Waals surface area contributed by atoms with Gasteiger partial charge in [0.2, 0.25) is 5.91 Å². The maximum atomic E-state index is 13.0. The van der Waals surface area contributed by atoms with Gasteiger partial charge < -0.3 is 15.5 Å². The van der Waals surface area contributed by atoms with Crippen molar-refractivity contribution in [3.8, 4) is 0 Å². The Kier molecular flexibility index (Phi) is 7.01. The third-order valence-corrected chi connectivity index (χ3v) is 6.07. The summed E-state index contributed by atoms with van der Waals surface area (Å²) in [6.07, 6.45) is 7.21. The molecule has 4 rings (SSSR count). The Labute approximate surface area is 162 Å². The first-order chi connectivity index (χ1) is 11.3. The van der Waals surface area contributed by atoms with Crippen molar-refractivity contribution in [1.82, 2.24) is 5.32 Å². The van der Waals surface area contributed by atoms with Crippen LogP contribution in [0.25, 0.3) is 0 Å². The molecule has 1 amide bonds. The number of nitrogens with zero attached hydrogens (tertiary/aromatic N) is 1. The van der Waals surface area contributed by atoms with Gasteiger partial charge in [-0.05, 0) is 56.3 Å². The molecule has 2 aliphatic heterocycles. The Balaban J connectivity index is 0.00000113. The van der Waals surface area contributed by atoms with Gasteiger partial charge in [0.05, 0.1) is 5.41 Å². The molecule has 3 fully saturated rings. The summed E-state index contributed by atoms with van der Waals surface area (Å²) in [5, 5.41) is 6.69. The lowest BCUT2D eigenvalue weighted by Crippen LogP contribution is -2.44. The van der Waals surface area contributed by atoms with Crippen LogP contribution in [0.3, 0.4) is 0 Å². The first-order valence-electron chi connectivity index (χ1n) is 9.15. The van der Waals surface area contributed by atoms with Crippen molar-refractivity contribution in [2.24, 2.45) is 11.3 Å². The first kappa shape index (κ1) is 20.3. The molecule has 1 aliphatic carbocycles. The summed E-state index contributed by atoms with van der Waals surface area (Å²) in [7, 11) is 0. The summed E-state index contributed by atoms with van der Waals surface area (Å²) in [5.74, 6) is 0.740. The van der Waals surface area contributed by atoms with Gasteiger partial charge in [-0.2, -0.15) is 0 Å². The Morgan fingerprint density at radius 2 is 1.96 bits per heavy atom. The second-order valence-electron chi connectivity index (χ2n) is 7.43. The van der Waals surface area contributed by atoms with Gasteiger partial charge in [-0.25, -0.2) is 0 Å². The number of halogens is 2. The second-order valence-corrected chi connectivity index (χ2v) is 7.43. The van der Waals surface area contributed by atoms with E-state index in [1.54, 1.807) is 0 Å². The lowest BCUT2D eigenvalue weighted by atomic mass is 9.67. The zero-order chi connectivity index (χ0) is 15.7. The molecule has 2 atom stereocenters. The summed E-state index contributed by atoms with van der Waals surface area (Å²) in [4.78, 5) is 15.4. The van der Waals surface area contributed by atoms with Crippen molar-refractivity contribution in [2.45, 2.75) is 38.5 Å². The number of nitrogens with one attached hydrogen (secondary N) is 2. The third-order valence-electron chi connectivity index (χ3n) is 6.07. The Morgan fingerprint density at radius 1 is 1.16 bits per heavy atom. The molecule has 2 saturated heterocycles. The number of benzene rings is 1. The van der Waals surface area contributed by atoms with Crippen molar-refractivity contribution in [2.75, 3.05) is 36.4 Å². The molecule has 2 N–H and O–H groups in total. The van der Waals surface area contributed by atoms with Crippen LogP contribution in [0.1, 0.15) is 38.5 Å². The largest absolute Gasteiger partial charge is 0.371 e. The van der Waals surface area contributed by atoms with E-state index in [2.05, 4.69) is 33.7 Å². The van der Waals surface area contributed by atoms with Crippen LogP contribution in [0.2, 0.25) is 0 Å². The zero-order valence-corrected chi connectivity index (χ0v) is 16.3. The topological polar surface area (TPSA) is 44.4 Å². The highest BCUT2D eigenvalue weighted by molar-refractivity contribution is 5.96. The number of hydrogen-bond acceptors (Lipinski definition) is 3. The highest BCUT2D eigenvalue weighted by atomic mass is 35.5. The van der Waals surface area contributed by atoms with Crippen molar-refractivity contribution in [3.05, 3.63) is 24.3 Å². The first-order valence-corrected chi connectivity index (χ1v) is 9.15. The maximum Gasteiger partial charge on any atom is 0.232 e. The van der Waals surface area contributed by atoms with Gasteiger partial charge in [-0.3, -0.25) is 4.79 Å². The average molecular weight is 386 g/mol. The molecule has 0 bridgehead atoms. The fourth-order valence-corrected chi connectivity index (χ4v) is 4.70. The Morgan fingerprint density at radius 3 is 2.76 bits per heavy atom. The van der Waals surface area contributed by atoms with E-state index in [9.17, 15) is 4.79 Å². The molecular formula is C19H29Cl2N3O. The Hall–Kier alpha value is -0.970. The van der Waals surface area contributed by atoms with E-state index in [-0.39, 0.29) is 36.1 Å². The van der Waals surface area contributed by atoms with Gasteiger partial charge >= 0.3 is 0 Å². The molecule has 1 saturated carbocycles. The minimum atomic E-state index is -0.179. The lowest BCUT2D eigenvalue weighted by Gasteiger charge is -2.37. The quantitative estimate of drug-likeness (QED) is 0.830. The van der Waals surface area contributed by atoms with Crippen LogP contribution in [-0.2, 0) is 4.79 Å². The fourth-order valence-electron chi connectivity index (χ4n) is 4.70. The van der Waals surface area contributed by atoms with Crippen molar-refractivity contribution in [3.63, 3.8) is 0 Å². The van der Waals surface area contributed by atoms with Gasteiger partial charge in [-0.1, -0.05) is 18.9 Å². The van der Waals surface area contributed by atoms with E-state index in [0.29, 0.717) is 5.92 Å². The monoisotopic (exact) mass is 385 g/mol. The van der Waals surface area contributed by atoms with Gasteiger partial charge in [0.1, 0.15) is 0 Å².